The zero-order valence-electron chi connectivity index (χ0n) is 10.8. The Balaban J connectivity index is 1.87. The van der Waals surface area contributed by atoms with E-state index < -0.39 is 0 Å². The van der Waals surface area contributed by atoms with Gasteiger partial charge in [0.2, 0.25) is 0 Å². The molecule has 1 fully saturated rings. The molecule has 0 amide bonds. The third-order valence-corrected chi connectivity index (χ3v) is 3.16. The molecule has 0 radical (unpaired) electrons. The summed E-state index contributed by atoms with van der Waals surface area (Å²) in [5, 5.41) is 3.59. The number of rotatable bonds is 11. The third kappa shape index (κ3) is 7.20. The molecule has 1 saturated carbocycles. The standard InChI is InChI=1S/C13H27NO2/c1-3-12(11-14-13-5-6-13)7-10-16-9-4-8-15-2/h12-14H,3-11H2,1-2H3. The van der Waals surface area contributed by atoms with Gasteiger partial charge in [0.1, 0.15) is 0 Å². The van der Waals surface area contributed by atoms with E-state index >= 15 is 0 Å². The van der Waals surface area contributed by atoms with Crippen LogP contribution in [0.2, 0.25) is 0 Å². The fourth-order valence-corrected chi connectivity index (χ4v) is 1.73. The molecular weight excluding hydrogens is 202 g/mol. The monoisotopic (exact) mass is 229 g/mol. The van der Waals surface area contributed by atoms with Gasteiger partial charge in [0.05, 0.1) is 0 Å². The molecule has 0 bridgehead atoms. The van der Waals surface area contributed by atoms with Crippen LogP contribution in [0.15, 0.2) is 0 Å². The fourth-order valence-electron chi connectivity index (χ4n) is 1.73. The fraction of sp³-hybridized carbons (Fsp3) is 1.00. The number of hydrogen-bond acceptors (Lipinski definition) is 3. The average Bonchev–Trinajstić information content (AvgIpc) is 3.11. The van der Waals surface area contributed by atoms with E-state index in [0.717, 1.165) is 38.2 Å². The lowest BCUT2D eigenvalue weighted by molar-refractivity contribution is 0.0931. The van der Waals surface area contributed by atoms with E-state index in [1.807, 2.05) is 0 Å². The van der Waals surface area contributed by atoms with E-state index in [2.05, 4.69) is 12.2 Å². The van der Waals surface area contributed by atoms with Gasteiger partial charge in [0.25, 0.3) is 0 Å². The van der Waals surface area contributed by atoms with Gasteiger partial charge >= 0.3 is 0 Å². The summed E-state index contributed by atoms with van der Waals surface area (Å²) in [6.45, 7) is 5.97. The maximum Gasteiger partial charge on any atom is 0.0487 e. The second-order valence-corrected chi connectivity index (χ2v) is 4.70. The molecule has 16 heavy (non-hydrogen) atoms. The highest BCUT2D eigenvalue weighted by molar-refractivity contribution is 4.81. The first-order chi connectivity index (χ1) is 7.86. The van der Waals surface area contributed by atoms with Crippen LogP contribution in [-0.2, 0) is 9.47 Å². The van der Waals surface area contributed by atoms with Crippen LogP contribution in [-0.4, -0.2) is 39.5 Å². The van der Waals surface area contributed by atoms with Crippen LogP contribution in [0, 0.1) is 5.92 Å². The first-order valence-electron chi connectivity index (χ1n) is 6.66. The van der Waals surface area contributed by atoms with Gasteiger partial charge in [-0.1, -0.05) is 13.3 Å². The maximum atomic E-state index is 5.58. The lowest BCUT2D eigenvalue weighted by atomic mass is 10.0. The molecule has 0 spiro atoms. The zero-order chi connectivity index (χ0) is 11.6. The molecule has 1 rings (SSSR count). The van der Waals surface area contributed by atoms with Crippen LogP contribution < -0.4 is 5.32 Å². The summed E-state index contributed by atoms with van der Waals surface area (Å²) in [5.41, 5.74) is 0. The van der Waals surface area contributed by atoms with Crippen molar-refractivity contribution in [1.29, 1.82) is 0 Å². The first-order valence-corrected chi connectivity index (χ1v) is 6.66. The van der Waals surface area contributed by atoms with E-state index in [0.29, 0.717) is 0 Å². The van der Waals surface area contributed by atoms with Crippen molar-refractivity contribution in [3.8, 4) is 0 Å². The quantitative estimate of drug-likeness (QED) is 0.551. The maximum absolute atomic E-state index is 5.58. The van der Waals surface area contributed by atoms with E-state index in [9.17, 15) is 0 Å². The van der Waals surface area contributed by atoms with Crippen molar-refractivity contribution >= 4 is 0 Å². The Kier molecular flexibility index (Phi) is 7.81. The minimum absolute atomic E-state index is 0.781. The molecule has 0 aliphatic heterocycles. The van der Waals surface area contributed by atoms with Crippen molar-refractivity contribution < 1.29 is 9.47 Å². The highest BCUT2D eigenvalue weighted by atomic mass is 16.5. The molecule has 1 N–H and O–H groups in total. The molecule has 1 atom stereocenters. The molecule has 0 aromatic carbocycles. The van der Waals surface area contributed by atoms with Crippen molar-refractivity contribution in [3.05, 3.63) is 0 Å². The van der Waals surface area contributed by atoms with Crippen LogP contribution in [0.4, 0.5) is 0 Å². The first kappa shape index (κ1) is 13.9. The van der Waals surface area contributed by atoms with Crippen LogP contribution in [0.1, 0.15) is 39.0 Å². The summed E-state index contributed by atoms with van der Waals surface area (Å²) < 4.78 is 10.6. The molecule has 0 aromatic rings. The summed E-state index contributed by atoms with van der Waals surface area (Å²) in [6, 6.07) is 0.830. The van der Waals surface area contributed by atoms with Crippen molar-refractivity contribution in [2.24, 2.45) is 5.92 Å². The highest BCUT2D eigenvalue weighted by Gasteiger charge is 2.21. The SMILES string of the molecule is CCC(CCOCCCOC)CNC1CC1. The molecule has 1 aliphatic rings. The number of methoxy groups -OCH3 is 1. The van der Waals surface area contributed by atoms with Crippen LogP contribution in [0.3, 0.4) is 0 Å². The van der Waals surface area contributed by atoms with Gasteiger partial charge < -0.3 is 14.8 Å². The van der Waals surface area contributed by atoms with E-state index in [1.165, 1.54) is 32.2 Å². The lowest BCUT2D eigenvalue weighted by Crippen LogP contribution is -2.25. The second-order valence-electron chi connectivity index (χ2n) is 4.70. The van der Waals surface area contributed by atoms with E-state index in [1.54, 1.807) is 7.11 Å². The number of hydrogen-bond donors (Lipinski definition) is 1. The van der Waals surface area contributed by atoms with Crippen LogP contribution in [0.5, 0.6) is 0 Å². The van der Waals surface area contributed by atoms with Crippen molar-refractivity contribution in [2.45, 2.75) is 45.1 Å². The number of nitrogens with one attached hydrogen (secondary N) is 1. The summed E-state index contributed by atoms with van der Waals surface area (Å²) in [5.74, 6) is 0.781. The minimum atomic E-state index is 0.781. The van der Waals surface area contributed by atoms with Gasteiger partial charge in [0.15, 0.2) is 0 Å². The smallest absolute Gasteiger partial charge is 0.0487 e. The summed E-state index contributed by atoms with van der Waals surface area (Å²) in [7, 11) is 1.73. The lowest BCUT2D eigenvalue weighted by Gasteiger charge is -2.15. The Hall–Kier alpha value is -0.120. The van der Waals surface area contributed by atoms with Crippen molar-refractivity contribution in [1.82, 2.24) is 5.32 Å². The Bertz CT molecular complexity index is 160. The average molecular weight is 229 g/mol. The van der Waals surface area contributed by atoms with Gasteiger partial charge in [-0.25, -0.2) is 0 Å². The summed E-state index contributed by atoms with van der Waals surface area (Å²) >= 11 is 0. The Morgan fingerprint density at radius 2 is 2.06 bits per heavy atom. The van der Waals surface area contributed by atoms with Crippen molar-refractivity contribution in [3.63, 3.8) is 0 Å². The minimum Gasteiger partial charge on any atom is -0.385 e. The Morgan fingerprint density at radius 3 is 2.69 bits per heavy atom. The molecule has 3 nitrogen and oxygen atoms in total. The molecule has 0 heterocycles. The van der Waals surface area contributed by atoms with E-state index in [-0.39, 0.29) is 0 Å². The molecule has 1 unspecified atom stereocenters. The van der Waals surface area contributed by atoms with Crippen LogP contribution >= 0.6 is 0 Å². The van der Waals surface area contributed by atoms with Crippen LogP contribution in [0.25, 0.3) is 0 Å². The van der Waals surface area contributed by atoms with Gasteiger partial charge in [-0.15, -0.1) is 0 Å². The van der Waals surface area contributed by atoms with Gasteiger partial charge in [-0.05, 0) is 38.1 Å². The molecule has 0 saturated heterocycles. The predicted octanol–water partition coefficient (Wildman–Crippen LogP) is 2.21. The Labute approximate surface area is 99.9 Å². The molecule has 96 valence electrons. The molecule has 0 aromatic heterocycles. The zero-order valence-corrected chi connectivity index (χ0v) is 10.8. The van der Waals surface area contributed by atoms with Gasteiger partial charge in [-0.3, -0.25) is 0 Å². The topological polar surface area (TPSA) is 30.5 Å². The summed E-state index contributed by atoms with van der Waals surface area (Å²) in [4.78, 5) is 0. The largest absolute Gasteiger partial charge is 0.385 e. The van der Waals surface area contributed by atoms with Gasteiger partial charge in [-0.2, -0.15) is 0 Å². The molecule has 3 heteroatoms. The van der Waals surface area contributed by atoms with Crippen molar-refractivity contribution in [2.75, 3.05) is 33.5 Å². The highest BCUT2D eigenvalue weighted by Crippen LogP contribution is 2.19. The summed E-state index contributed by atoms with van der Waals surface area (Å²) in [6.07, 6.45) is 6.20. The third-order valence-electron chi connectivity index (χ3n) is 3.16. The van der Waals surface area contributed by atoms with Gasteiger partial charge in [0, 0.05) is 33.0 Å². The molecule has 1 aliphatic carbocycles. The Morgan fingerprint density at radius 1 is 1.25 bits per heavy atom. The predicted molar refractivity (Wildman–Crippen MR) is 66.7 cm³/mol. The van der Waals surface area contributed by atoms with E-state index in [4.69, 9.17) is 9.47 Å². The second kappa shape index (κ2) is 8.97. The molecular formula is C13H27NO2. The number of ether oxygens (including phenoxy) is 2. The normalized spacial score (nSPS) is 17.6.